The summed E-state index contributed by atoms with van der Waals surface area (Å²) >= 11 is 5.78. The van der Waals surface area contributed by atoms with Crippen molar-refractivity contribution in [1.29, 1.82) is 0 Å². The number of alkyl halides is 3. The van der Waals surface area contributed by atoms with E-state index in [0.717, 1.165) is 5.56 Å². The second kappa shape index (κ2) is 5.59. The van der Waals surface area contributed by atoms with Gasteiger partial charge in [0, 0.05) is 10.6 Å². The van der Waals surface area contributed by atoms with Crippen LogP contribution in [0.5, 0.6) is 5.75 Å². The Labute approximate surface area is 119 Å². The lowest BCUT2D eigenvalue weighted by Crippen LogP contribution is -2.17. The number of halogens is 4. The van der Waals surface area contributed by atoms with Gasteiger partial charge in [-0.25, -0.2) is 0 Å². The molecule has 0 aliphatic heterocycles. The third-order valence-electron chi connectivity index (χ3n) is 2.64. The minimum absolute atomic E-state index is 0.278. The topological polar surface area (TPSA) is 9.23 Å². The number of hydrogen-bond donors (Lipinski definition) is 0. The Balaban J connectivity index is 2.43. The van der Waals surface area contributed by atoms with Gasteiger partial charge >= 0.3 is 6.36 Å². The minimum Gasteiger partial charge on any atom is -0.405 e. The first-order chi connectivity index (χ1) is 9.39. The summed E-state index contributed by atoms with van der Waals surface area (Å²) in [6.45, 7) is 3.47. The van der Waals surface area contributed by atoms with Crippen LogP contribution in [0.4, 0.5) is 13.2 Å². The van der Waals surface area contributed by atoms with Crippen LogP contribution in [-0.2, 0) is 0 Å². The second-order valence-corrected chi connectivity index (χ2v) is 4.45. The predicted molar refractivity (Wildman–Crippen MR) is 73.7 cm³/mol. The van der Waals surface area contributed by atoms with Crippen molar-refractivity contribution in [2.45, 2.75) is 6.36 Å². The van der Waals surface area contributed by atoms with Crippen molar-refractivity contribution >= 4 is 17.7 Å². The number of hydrogen-bond acceptors (Lipinski definition) is 1. The van der Waals surface area contributed by atoms with Crippen molar-refractivity contribution < 1.29 is 17.9 Å². The van der Waals surface area contributed by atoms with E-state index in [2.05, 4.69) is 11.3 Å². The van der Waals surface area contributed by atoms with E-state index in [1.807, 2.05) is 0 Å². The van der Waals surface area contributed by atoms with E-state index in [-0.39, 0.29) is 11.3 Å². The van der Waals surface area contributed by atoms with Gasteiger partial charge in [-0.05, 0) is 29.3 Å². The molecule has 2 aromatic rings. The van der Waals surface area contributed by atoms with Gasteiger partial charge in [0.15, 0.2) is 0 Å². The summed E-state index contributed by atoms with van der Waals surface area (Å²) in [6, 6.07) is 11.3. The molecule has 104 valence electrons. The van der Waals surface area contributed by atoms with Crippen LogP contribution in [0.1, 0.15) is 5.56 Å². The molecule has 0 unspecified atom stereocenters. The molecule has 0 radical (unpaired) electrons. The quantitative estimate of drug-likeness (QED) is 0.722. The molecule has 0 aromatic heterocycles. The van der Waals surface area contributed by atoms with Crippen LogP contribution in [-0.4, -0.2) is 6.36 Å². The highest BCUT2D eigenvalue weighted by Crippen LogP contribution is 2.32. The highest BCUT2D eigenvalue weighted by molar-refractivity contribution is 6.30. The van der Waals surface area contributed by atoms with Gasteiger partial charge in [-0.3, -0.25) is 0 Å². The van der Waals surface area contributed by atoms with Gasteiger partial charge in [-0.15, -0.1) is 13.2 Å². The van der Waals surface area contributed by atoms with Crippen molar-refractivity contribution in [3.05, 3.63) is 59.6 Å². The zero-order chi connectivity index (χ0) is 14.8. The summed E-state index contributed by atoms with van der Waals surface area (Å²) in [5.41, 5.74) is 1.63. The van der Waals surface area contributed by atoms with E-state index < -0.39 is 6.36 Å². The summed E-state index contributed by atoms with van der Waals surface area (Å²) in [5, 5.41) is 0.559. The van der Waals surface area contributed by atoms with Gasteiger partial charge in [0.25, 0.3) is 0 Å². The average Bonchev–Trinajstić information content (AvgIpc) is 2.37. The Morgan fingerprint density at radius 1 is 1.00 bits per heavy atom. The zero-order valence-electron chi connectivity index (χ0n) is 10.2. The Morgan fingerprint density at radius 3 is 2.15 bits per heavy atom. The van der Waals surface area contributed by atoms with Crippen LogP contribution in [0.2, 0.25) is 5.02 Å². The Hall–Kier alpha value is -1.94. The average molecular weight is 299 g/mol. The molecular formula is C15H10ClF3O. The van der Waals surface area contributed by atoms with Gasteiger partial charge in [-0.2, -0.15) is 0 Å². The Morgan fingerprint density at radius 2 is 1.60 bits per heavy atom. The summed E-state index contributed by atoms with van der Waals surface area (Å²) in [5.74, 6) is -0.278. The van der Waals surface area contributed by atoms with E-state index in [1.54, 1.807) is 30.3 Å². The van der Waals surface area contributed by atoms with E-state index in [1.165, 1.54) is 18.2 Å². The molecule has 2 aromatic carbocycles. The number of ether oxygens (including phenoxy) is 1. The van der Waals surface area contributed by atoms with Crippen LogP contribution in [0, 0.1) is 0 Å². The van der Waals surface area contributed by atoms with Crippen molar-refractivity contribution in [2.75, 3.05) is 0 Å². The first kappa shape index (κ1) is 14.5. The summed E-state index contributed by atoms with van der Waals surface area (Å²) in [7, 11) is 0. The second-order valence-electron chi connectivity index (χ2n) is 4.01. The van der Waals surface area contributed by atoms with Crippen molar-refractivity contribution in [3.8, 4) is 16.9 Å². The van der Waals surface area contributed by atoms with Gasteiger partial charge in [-0.1, -0.05) is 48.5 Å². The Kier molecular flexibility index (Phi) is 4.04. The molecule has 1 nitrogen and oxygen atoms in total. The molecule has 0 saturated carbocycles. The minimum atomic E-state index is -4.74. The molecular weight excluding hydrogens is 289 g/mol. The van der Waals surface area contributed by atoms with Gasteiger partial charge in [0.1, 0.15) is 5.75 Å². The van der Waals surface area contributed by atoms with E-state index in [9.17, 15) is 13.2 Å². The monoisotopic (exact) mass is 298 g/mol. The highest BCUT2D eigenvalue weighted by atomic mass is 35.5. The summed E-state index contributed by atoms with van der Waals surface area (Å²) < 4.78 is 41.1. The SMILES string of the molecule is C=Cc1ccc(-c2ccc(Cl)cc2)cc1OC(F)(F)F. The summed E-state index contributed by atoms with van der Waals surface area (Å²) in [6.07, 6.45) is -3.43. The molecule has 2 rings (SSSR count). The molecule has 0 heterocycles. The van der Waals surface area contributed by atoms with E-state index in [4.69, 9.17) is 11.6 Å². The molecule has 20 heavy (non-hydrogen) atoms. The van der Waals surface area contributed by atoms with Crippen LogP contribution in [0.3, 0.4) is 0 Å². The van der Waals surface area contributed by atoms with Gasteiger partial charge in [0.2, 0.25) is 0 Å². The van der Waals surface area contributed by atoms with Crippen molar-refractivity contribution in [2.24, 2.45) is 0 Å². The molecule has 0 aliphatic carbocycles. The molecule has 5 heteroatoms. The lowest BCUT2D eigenvalue weighted by molar-refractivity contribution is -0.274. The molecule has 0 aliphatic rings. The van der Waals surface area contributed by atoms with Crippen molar-refractivity contribution in [3.63, 3.8) is 0 Å². The van der Waals surface area contributed by atoms with E-state index in [0.29, 0.717) is 10.6 Å². The molecule has 0 bridgehead atoms. The van der Waals surface area contributed by atoms with Crippen LogP contribution in [0.25, 0.3) is 17.2 Å². The number of benzene rings is 2. The Bertz CT molecular complexity index is 618. The molecule has 0 amide bonds. The van der Waals surface area contributed by atoms with Crippen LogP contribution in [0.15, 0.2) is 49.0 Å². The maximum atomic E-state index is 12.4. The molecule has 0 saturated heterocycles. The highest BCUT2D eigenvalue weighted by Gasteiger charge is 2.32. The maximum Gasteiger partial charge on any atom is 0.573 e. The zero-order valence-corrected chi connectivity index (χ0v) is 11.0. The molecule has 0 atom stereocenters. The third kappa shape index (κ3) is 3.54. The fourth-order valence-electron chi connectivity index (χ4n) is 1.74. The lowest BCUT2D eigenvalue weighted by Gasteiger charge is -2.13. The smallest absolute Gasteiger partial charge is 0.405 e. The van der Waals surface area contributed by atoms with Gasteiger partial charge < -0.3 is 4.74 Å². The molecule has 0 fully saturated rings. The van der Waals surface area contributed by atoms with Crippen molar-refractivity contribution in [1.82, 2.24) is 0 Å². The number of rotatable bonds is 3. The first-order valence-electron chi connectivity index (χ1n) is 5.67. The lowest BCUT2D eigenvalue weighted by atomic mass is 10.0. The molecule has 0 spiro atoms. The standard InChI is InChI=1S/C15H10ClF3O/c1-2-10-3-4-12(9-14(10)20-15(17,18)19)11-5-7-13(16)8-6-11/h2-9H,1H2. The molecule has 0 N–H and O–H groups in total. The van der Waals surface area contributed by atoms with Crippen LogP contribution >= 0.6 is 11.6 Å². The fraction of sp³-hybridized carbons (Fsp3) is 0.0667. The first-order valence-corrected chi connectivity index (χ1v) is 6.05. The van der Waals surface area contributed by atoms with E-state index >= 15 is 0 Å². The predicted octanol–water partition coefficient (Wildman–Crippen LogP) is 5.55. The largest absolute Gasteiger partial charge is 0.573 e. The normalized spacial score (nSPS) is 11.2. The maximum absolute atomic E-state index is 12.4. The van der Waals surface area contributed by atoms with Gasteiger partial charge in [0.05, 0.1) is 0 Å². The summed E-state index contributed by atoms with van der Waals surface area (Å²) in [4.78, 5) is 0. The fourth-order valence-corrected chi connectivity index (χ4v) is 1.86. The van der Waals surface area contributed by atoms with Crippen LogP contribution < -0.4 is 4.74 Å². The third-order valence-corrected chi connectivity index (χ3v) is 2.89.